The monoisotopic (exact) mass is 384 g/mol. The van der Waals surface area contributed by atoms with Gasteiger partial charge >= 0.3 is 0 Å². The fraction of sp³-hybridized carbons (Fsp3) is 0.478. The molecular weight excluding hydrogens is 355 g/mol. The highest BCUT2D eigenvalue weighted by Gasteiger charge is 2.24. The van der Waals surface area contributed by atoms with Gasteiger partial charge in [0, 0.05) is 32.7 Å². The Hall–Kier alpha value is -1.95. The number of piperazine rings is 1. The molecule has 1 aliphatic carbocycles. The zero-order valence-electron chi connectivity index (χ0n) is 16.3. The maximum Gasteiger partial charge on any atom is 0.146 e. The third kappa shape index (κ3) is 4.54. The van der Waals surface area contributed by atoms with Crippen LogP contribution >= 0.6 is 0 Å². The summed E-state index contributed by atoms with van der Waals surface area (Å²) in [7, 11) is 0. The Labute approximate surface area is 166 Å². The van der Waals surface area contributed by atoms with Gasteiger partial charge in [0.25, 0.3) is 0 Å². The van der Waals surface area contributed by atoms with Gasteiger partial charge in [0.2, 0.25) is 0 Å². The molecule has 0 amide bonds. The predicted octanol–water partition coefficient (Wildman–Crippen LogP) is 3.40. The molecule has 4 nitrogen and oxygen atoms in total. The summed E-state index contributed by atoms with van der Waals surface area (Å²) < 4.78 is 20.0. The van der Waals surface area contributed by atoms with E-state index in [2.05, 4.69) is 34.1 Å². The van der Waals surface area contributed by atoms with Crippen molar-refractivity contribution in [1.29, 1.82) is 0 Å². The molecule has 2 aliphatic rings. The Balaban J connectivity index is 1.23. The van der Waals surface area contributed by atoms with Gasteiger partial charge in [-0.3, -0.25) is 4.90 Å². The van der Waals surface area contributed by atoms with Crippen LogP contribution in [0.3, 0.4) is 0 Å². The summed E-state index contributed by atoms with van der Waals surface area (Å²) in [6.45, 7) is 4.12. The van der Waals surface area contributed by atoms with E-state index in [0.717, 1.165) is 45.4 Å². The van der Waals surface area contributed by atoms with Crippen LogP contribution in [0.25, 0.3) is 0 Å². The smallest absolute Gasteiger partial charge is 0.146 e. The topological polar surface area (TPSA) is 35.9 Å². The average molecular weight is 384 g/mol. The maximum atomic E-state index is 14.0. The molecule has 0 radical (unpaired) electrons. The van der Waals surface area contributed by atoms with Crippen molar-refractivity contribution >= 4 is 5.69 Å². The summed E-state index contributed by atoms with van der Waals surface area (Å²) in [5, 5.41) is 10.5. The van der Waals surface area contributed by atoms with Crippen molar-refractivity contribution in [2.24, 2.45) is 0 Å². The first-order chi connectivity index (χ1) is 13.7. The molecule has 1 heterocycles. The molecule has 28 heavy (non-hydrogen) atoms. The van der Waals surface area contributed by atoms with Gasteiger partial charge in [0.15, 0.2) is 0 Å². The van der Waals surface area contributed by atoms with Gasteiger partial charge in [-0.15, -0.1) is 0 Å². The van der Waals surface area contributed by atoms with Crippen LogP contribution in [-0.2, 0) is 11.2 Å². The molecule has 1 fully saturated rings. The number of aliphatic hydroxyl groups is 1. The van der Waals surface area contributed by atoms with Crippen molar-refractivity contribution < 1.29 is 14.2 Å². The van der Waals surface area contributed by atoms with Crippen LogP contribution in [0.1, 0.15) is 30.1 Å². The summed E-state index contributed by atoms with van der Waals surface area (Å²) in [4.78, 5) is 4.31. The van der Waals surface area contributed by atoms with Crippen molar-refractivity contribution in [2.75, 3.05) is 44.2 Å². The molecule has 0 saturated carbocycles. The van der Waals surface area contributed by atoms with Gasteiger partial charge in [-0.25, -0.2) is 4.39 Å². The first kappa shape index (κ1) is 19.4. The number of aliphatic hydroxyl groups excluding tert-OH is 1. The maximum absolute atomic E-state index is 14.0. The second-order valence-electron chi connectivity index (χ2n) is 7.81. The average Bonchev–Trinajstić information content (AvgIpc) is 2.73. The Morgan fingerprint density at radius 1 is 1.04 bits per heavy atom. The number of fused-ring (bicyclic) bond motifs is 1. The molecular formula is C23H29FN2O2. The number of benzene rings is 2. The van der Waals surface area contributed by atoms with Crippen LogP contribution in [0.2, 0.25) is 0 Å². The zero-order valence-corrected chi connectivity index (χ0v) is 16.3. The number of hydrogen-bond acceptors (Lipinski definition) is 4. The van der Waals surface area contributed by atoms with E-state index in [4.69, 9.17) is 4.74 Å². The highest BCUT2D eigenvalue weighted by Crippen LogP contribution is 2.32. The van der Waals surface area contributed by atoms with Crippen LogP contribution in [0, 0.1) is 5.82 Å². The Morgan fingerprint density at radius 2 is 1.79 bits per heavy atom. The molecule has 0 spiro atoms. The minimum absolute atomic E-state index is 0.0949. The summed E-state index contributed by atoms with van der Waals surface area (Å²) >= 11 is 0. The van der Waals surface area contributed by atoms with Crippen molar-refractivity contribution in [3.05, 3.63) is 65.5 Å². The normalized spacial score (nSPS) is 21.4. The van der Waals surface area contributed by atoms with Crippen LogP contribution < -0.4 is 4.90 Å². The van der Waals surface area contributed by atoms with E-state index < -0.39 is 6.10 Å². The third-order valence-electron chi connectivity index (χ3n) is 5.84. The quantitative estimate of drug-likeness (QED) is 0.828. The zero-order chi connectivity index (χ0) is 19.3. The van der Waals surface area contributed by atoms with E-state index in [-0.39, 0.29) is 11.9 Å². The number of anilines is 1. The van der Waals surface area contributed by atoms with Crippen LogP contribution in [0.5, 0.6) is 0 Å². The number of ether oxygens (including phenoxy) is 1. The van der Waals surface area contributed by atoms with Crippen LogP contribution in [-0.4, -0.2) is 55.4 Å². The highest BCUT2D eigenvalue weighted by atomic mass is 19.1. The van der Waals surface area contributed by atoms with E-state index in [1.165, 1.54) is 17.2 Å². The Kier molecular flexibility index (Phi) is 6.25. The highest BCUT2D eigenvalue weighted by molar-refractivity contribution is 5.48. The van der Waals surface area contributed by atoms with Gasteiger partial charge in [-0.2, -0.15) is 0 Å². The first-order valence-electron chi connectivity index (χ1n) is 10.3. The molecule has 0 bridgehead atoms. The third-order valence-corrected chi connectivity index (χ3v) is 5.84. The predicted molar refractivity (Wildman–Crippen MR) is 109 cm³/mol. The van der Waals surface area contributed by atoms with E-state index in [1.807, 2.05) is 12.1 Å². The van der Waals surface area contributed by atoms with Crippen LogP contribution in [0.4, 0.5) is 10.1 Å². The van der Waals surface area contributed by atoms with E-state index in [0.29, 0.717) is 18.8 Å². The number of hydrogen-bond donors (Lipinski definition) is 1. The molecule has 0 unspecified atom stereocenters. The largest absolute Gasteiger partial charge is 0.389 e. The summed E-state index contributed by atoms with van der Waals surface area (Å²) in [6.07, 6.45) is 2.86. The molecule has 2 aromatic carbocycles. The van der Waals surface area contributed by atoms with Crippen molar-refractivity contribution in [3.63, 3.8) is 0 Å². The van der Waals surface area contributed by atoms with Gasteiger partial charge in [-0.05, 0) is 42.5 Å². The fourth-order valence-corrected chi connectivity index (χ4v) is 4.34. The SMILES string of the molecule is O[C@@H](CO[C@H]1CCCc2ccccc21)CN1CCN(c2ccccc2F)CC1. The molecule has 4 rings (SSSR count). The Bertz CT molecular complexity index is 777. The number of β-amino-alcohol motifs (C(OH)–C–C–N with tert-alkyl or cyclic N) is 1. The minimum atomic E-state index is -0.505. The lowest BCUT2D eigenvalue weighted by Gasteiger charge is -2.37. The number of aryl methyl sites for hydroxylation is 1. The number of rotatable bonds is 6. The van der Waals surface area contributed by atoms with Crippen molar-refractivity contribution in [1.82, 2.24) is 4.90 Å². The second-order valence-corrected chi connectivity index (χ2v) is 7.81. The van der Waals surface area contributed by atoms with Gasteiger partial charge in [0.05, 0.1) is 24.5 Å². The van der Waals surface area contributed by atoms with Gasteiger partial charge in [0.1, 0.15) is 5.82 Å². The van der Waals surface area contributed by atoms with Gasteiger partial charge in [-0.1, -0.05) is 36.4 Å². The molecule has 1 aliphatic heterocycles. The summed E-state index contributed by atoms with van der Waals surface area (Å²) in [5.74, 6) is -0.169. The van der Waals surface area contributed by atoms with E-state index in [9.17, 15) is 9.50 Å². The lowest BCUT2D eigenvalue weighted by atomic mass is 9.89. The Morgan fingerprint density at radius 3 is 2.61 bits per heavy atom. The molecule has 5 heteroatoms. The molecule has 2 atom stereocenters. The van der Waals surface area contributed by atoms with Crippen molar-refractivity contribution in [3.8, 4) is 0 Å². The number of nitrogens with zero attached hydrogens (tertiary/aromatic N) is 2. The standard InChI is InChI=1S/C23H29FN2O2/c24-21-9-3-4-10-22(21)26-14-12-25(13-15-26)16-19(27)17-28-23-11-5-7-18-6-1-2-8-20(18)23/h1-4,6,8-10,19,23,27H,5,7,11-17H2/t19-,23+/m1/s1. The fourth-order valence-electron chi connectivity index (χ4n) is 4.34. The molecule has 2 aromatic rings. The molecule has 150 valence electrons. The van der Waals surface area contributed by atoms with Crippen LogP contribution in [0.15, 0.2) is 48.5 Å². The minimum Gasteiger partial charge on any atom is -0.389 e. The molecule has 0 aromatic heterocycles. The number of halogens is 1. The van der Waals surface area contributed by atoms with E-state index >= 15 is 0 Å². The first-order valence-corrected chi connectivity index (χ1v) is 10.3. The molecule has 1 saturated heterocycles. The summed E-state index contributed by atoms with van der Waals surface area (Å²) in [5.41, 5.74) is 3.32. The lowest BCUT2D eigenvalue weighted by Crippen LogP contribution is -2.49. The second kappa shape index (κ2) is 9.03. The lowest BCUT2D eigenvalue weighted by molar-refractivity contribution is -0.0285. The summed E-state index contributed by atoms with van der Waals surface area (Å²) in [6, 6.07) is 15.4. The van der Waals surface area contributed by atoms with Crippen molar-refractivity contribution in [2.45, 2.75) is 31.5 Å². The number of para-hydroxylation sites is 1. The van der Waals surface area contributed by atoms with E-state index in [1.54, 1.807) is 6.07 Å². The molecule has 1 N–H and O–H groups in total. The van der Waals surface area contributed by atoms with Gasteiger partial charge < -0.3 is 14.7 Å².